The number of carbonyl (C=O) groups is 1. The minimum atomic E-state index is -0.0232. The van der Waals surface area contributed by atoms with Gasteiger partial charge in [0.2, 0.25) is 0 Å². The maximum atomic E-state index is 11.7. The molecule has 0 atom stereocenters. The molecule has 1 amide bonds. The summed E-state index contributed by atoms with van der Waals surface area (Å²) in [6.45, 7) is 2.83. The summed E-state index contributed by atoms with van der Waals surface area (Å²) in [7, 11) is 0. The smallest absolute Gasteiger partial charge is 0.251 e. The van der Waals surface area contributed by atoms with Gasteiger partial charge in [-0.3, -0.25) is 4.79 Å². The highest BCUT2D eigenvalue weighted by atomic mass is 16.1. The van der Waals surface area contributed by atoms with Crippen LogP contribution in [-0.2, 0) is 0 Å². The molecule has 1 aromatic carbocycles. The van der Waals surface area contributed by atoms with Crippen LogP contribution < -0.4 is 5.32 Å². The molecule has 0 fully saturated rings. The number of nitrogens with zero attached hydrogens (tertiary/aromatic N) is 1. The van der Waals surface area contributed by atoms with Gasteiger partial charge in [-0.15, -0.1) is 0 Å². The van der Waals surface area contributed by atoms with Gasteiger partial charge in [-0.25, -0.2) is 4.98 Å². The van der Waals surface area contributed by atoms with Gasteiger partial charge in [0, 0.05) is 12.1 Å². The van der Waals surface area contributed by atoms with E-state index in [1.165, 1.54) is 0 Å². The maximum Gasteiger partial charge on any atom is 0.251 e. The van der Waals surface area contributed by atoms with Crippen LogP contribution in [0.15, 0.2) is 24.5 Å². The molecule has 2 N–H and O–H groups in total. The van der Waals surface area contributed by atoms with E-state index in [9.17, 15) is 4.79 Å². The molecule has 0 aliphatic rings. The van der Waals surface area contributed by atoms with Crippen LogP contribution in [0.25, 0.3) is 11.0 Å². The van der Waals surface area contributed by atoms with Crippen molar-refractivity contribution in [3.05, 3.63) is 30.1 Å². The number of unbranched alkanes of at least 4 members (excludes halogenated alkanes) is 1. The number of imidazole rings is 1. The Morgan fingerprint density at radius 3 is 3.19 bits per heavy atom. The van der Waals surface area contributed by atoms with E-state index in [-0.39, 0.29) is 5.91 Å². The Kier molecular flexibility index (Phi) is 3.19. The van der Waals surface area contributed by atoms with Gasteiger partial charge in [0.1, 0.15) is 0 Å². The van der Waals surface area contributed by atoms with Crippen molar-refractivity contribution in [2.24, 2.45) is 0 Å². The van der Waals surface area contributed by atoms with Crippen molar-refractivity contribution in [1.29, 1.82) is 0 Å². The van der Waals surface area contributed by atoms with Gasteiger partial charge in [-0.05, 0) is 24.6 Å². The van der Waals surface area contributed by atoms with Crippen molar-refractivity contribution in [3.63, 3.8) is 0 Å². The summed E-state index contributed by atoms with van der Waals surface area (Å²) < 4.78 is 0. The Balaban J connectivity index is 2.10. The molecule has 0 saturated heterocycles. The molecule has 2 aromatic rings. The Labute approximate surface area is 94.1 Å². The fraction of sp³-hybridized carbons (Fsp3) is 0.333. The number of nitrogens with one attached hydrogen (secondary N) is 2. The molecule has 0 unspecified atom stereocenters. The van der Waals surface area contributed by atoms with Crippen molar-refractivity contribution in [1.82, 2.24) is 15.3 Å². The van der Waals surface area contributed by atoms with Gasteiger partial charge in [-0.2, -0.15) is 0 Å². The molecule has 16 heavy (non-hydrogen) atoms. The number of benzene rings is 1. The Hall–Kier alpha value is -1.84. The molecular formula is C12H15N3O. The van der Waals surface area contributed by atoms with E-state index < -0.39 is 0 Å². The van der Waals surface area contributed by atoms with Crippen LogP contribution in [-0.4, -0.2) is 22.4 Å². The van der Waals surface area contributed by atoms with Crippen molar-refractivity contribution in [2.45, 2.75) is 19.8 Å². The van der Waals surface area contributed by atoms with Crippen molar-refractivity contribution < 1.29 is 4.79 Å². The monoisotopic (exact) mass is 217 g/mol. The first-order valence-electron chi connectivity index (χ1n) is 5.52. The first-order chi connectivity index (χ1) is 7.81. The summed E-state index contributed by atoms with van der Waals surface area (Å²) in [6, 6.07) is 5.47. The largest absolute Gasteiger partial charge is 0.352 e. The minimum Gasteiger partial charge on any atom is -0.352 e. The van der Waals surface area contributed by atoms with Gasteiger partial charge in [0.15, 0.2) is 0 Å². The quantitative estimate of drug-likeness (QED) is 0.770. The number of fused-ring (bicyclic) bond motifs is 1. The molecule has 4 nitrogen and oxygen atoms in total. The SMILES string of the molecule is CCCCNC(=O)c1ccc2nc[nH]c2c1. The molecule has 2 rings (SSSR count). The number of aromatic nitrogens is 2. The molecule has 0 bridgehead atoms. The third-order valence-electron chi connectivity index (χ3n) is 2.50. The average Bonchev–Trinajstić information content (AvgIpc) is 2.76. The van der Waals surface area contributed by atoms with E-state index in [0.29, 0.717) is 5.56 Å². The summed E-state index contributed by atoms with van der Waals surface area (Å²) in [6.07, 6.45) is 3.72. The van der Waals surface area contributed by atoms with Gasteiger partial charge < -0.3 is 10.3 Å². The van der Waals surface area contributed by atoms with Crippen molar-refractivity contribution in [3.8, 4) is 0 Å². The van der Waals surface area contributed by atoms with E-state index >= 15 is 0 Å². The van der Waals surface area contributed by atoms with E-state index in [4.69, 9.17) is 0 Å². The molecule has 0 saturated carbocycles. The number of hydrogen-bond donors (Lipinski definition) is 2. The molecule has 0 aliphatic carbocycles. The molecule has 4 heteroatoms. The minimum absolute atomic E-state index is 0.0232. The van der Waals surface area contributed by atoms with Crippen LogP contribution in [0.1, 0.15) is 30.1 Å². The molecule has 84 valence electrons. The van der Waals surface area contributed by atoms with Crippen molar-refractivity contribution in [2.75, 3.05) is 6.54 Å². The molecule has 0 radical (unpaired) electrons. The highest BCUT2D eigenvalue weighted by Crippen LogP contribution is 2.11. The zero-order valence-corrected chi connectivity index (χ0v) is 9.29. The van der Waals surface area contributed by atoms with Gasteiger partial charge >= 0.3 is 0 Å². The Morgan fingerprint density at radius 1 is 1.50 bits per heavy atom. The Morgan fingerprint density at radius 2 is 2.38 bits per heavy atom. The Bertz CT molecular complexity index is 490. The van der Waals surface area contributed by atoms with Crippen LogP contribution in [0.3, 0.4) is 0 Å². The maximum absolute atomic E-state index is 11.7. The highest BCUT2D eigenvalue weighted by molar-refractivity contribution is 5.97. The number of H-pyrrole nitrogens is 1. The number of carbonyl (C=O) groups excluding carboxylic acids is 1. The molecule has 1 aromatic heterocycles. The summed E-state index contributed by atoms with van der Waals surface area (Å²) in [5, 5.41) is 2.88. The number of amides is 1. The summed E-state index contributed by atoms with van der Waals surface area (Å²) in [4.78, 5) is 18.8. The molecule has 1 heterocycles. The zero-order valence-electron chi connectivity index (χ0n) is 9.29. The van der Waals surface area contributed by atoms with Gasteiger partial charge in [0.05, 0.1) is 17.4 Å². The zero-order chi connectivity index (χ0) is 11.4. The van der Waals surface area contributed by atoms with E-state index in [1.54, 1.807) is 12.4 Å². The third kappa shape index (κ3) is 2.21. The normalized spacial score (nSPS) is 10.6. The van der Waals surface area contributed by atoms with E-state index in [2.05, 4.69) is 22.2 Å². The number of aromatic amines is 1. The fourth-order valence-corrected chi connectivity index (χ4v) is 1.56. The first-order valence-corrected chi connectivity index (χ1v) is 5.52. The topological polar surface area (TPSA) is 57.8 Å². The lowest BCUT2D eigenvalue weighted by Gasteiger charge is -2.03. The summed E-state index contributed by atoms with van der Waals surface area (Å²) in [5.41, 5.74) is 2.45. The van der Waals surface area contributed by atoms with Crippen LogP contribution in [0.4, 0.5) is 0 Å². The number of hydrogen-bond acceptors (Lipinski definition) is 2. The lowest BCUT2D eigenvalue weighted by molar-refractivity contribution is 0.0953. The number of rotatable bonds is 4. The predicted octanol–water partition coefficient (Wildman–Crippen LogP) is 2.09. The van der Waals surface area contributed by atoms with Crippen LogP contribution in [0, 0.1) is 0 Å². The fourth-order valence-electron chi connectivity index (χ4n) is 1.56. The van der Waals surface area contributed by atoms with E-state index in [1.807, 2.05) is 12.1 Å². The second-order valence-electron chi connectivity index (χ2n) is 3.74. The lowest BCUT2D eigenvalue weighted by Crippen LogP contribution is -2.24. The molecule has 0 spiro atoms. The van der Waals surface area contributed by atoms with Crippen LogP contribution in [0.2, 0.25) is 0 Å². The lowest BCUT2D eigenvalue weighted by atomic mass is 10.2. The predicted molar refractivity (Wildman–Crippen MR) is 63.3 cm³/mol. The van der Waals surface area contributed by atoms with Crippen molar-refractivity contribution >= 4 is 16.9 Å². The van der Waals surface area contributed by atoms with Crippen LogP contribution >= 0.6 is 0 Å². The third-order valence-corrected chi connectivity index (χ3v) is 2.50. The standard InChI is InChI=1S/C12H15N3O/c1-2-3-6-13-12(16)9-4-5-10-11(7-9)15-8-14-10/h4-5,7-8H,2-3,6H2,1H3,(H,13,16)(H,14,15). The average molecular weight is 217 g/mol. The highest BCUT2D eigenvalue weighted by Gasteiger charge is 2.06. The van der Waals surface area contributed by atoms with Gasteiger partial charge in [-0.1, -0.05) is 13.3 Å². The first kappa shape index (κ1) is 10.7. The van der Waals surface area contributed by atoms with Gasteiger partial charge in [0.25, 0.3) is 5.91 Å². The summed E-state index contributed by atoms with van der Waals surface area (Å²) in [5.74, 6) is -0.0232. The summed E-state index contributed by atoms with van der Waals surface area (Å²) >= 11 is 0. The second kappa shape index (κ2) is 4.79. The van der Waals surface area contributed by atoms with E-state index in [0.717, 1.165) is 30.4 Å². The second-order valence-corrected chi connectivity index (χ2v) is 3.74. The molecular weight excluding hydrogens is 202 g/mol. The molecule has 0 aliphatic heterocycles. The van der Waals surface area contributed by atoms with Crippen LogP contribution in [0.5, 0.6) is 0 Å².